The molecule has 0 bridgehead atoms. The monoisotopic (exact) mass is 394 g/mol. The minimum Gasteiger partial charge on any atom is -0.497 e. The molecule has 8 nitrogen and oxygen atoms in total. The number of likely N-dealkylation sites (tertiary alicyclic amines) is 1. The molecule has 1 atom stereocenters. The van der Waals surface area contributed by atoms with E-state index in [9.17, 15) is 4.79 Å². The zero-order chi connectivity index (χ0) is 20.4. The Hall–Kier alpha value is -3.29. The number of hydrogen-bond donors (Lipinski definition) is 2. The summed E-state index contributed by atoms with van der Waals surface area (Å²) >= 11 is 0. The van der Waals surface area contributed by atoms with Crippen molar-refractivity contribution in [3.8, 4) is 5.75 Å². The van der Waals surface area contributed by atoms with Gasteiger partial charge in [0.15, 0.2) is 5.65 Å². The fraction of sp³-hybridized carbons (Fsp3) is 0.381. The molecular formula is C21H26N6O2. The molecule has 29 heavy (non-hydrogen) atoms. The van der Waals surface area contributed by atoms with Crippen molar-refractivity contribution in [2.24, 2.45) is 0 Å². The molecule has 2 aromatic heterocycles. The van der Waals surface area contributed by atoms with Crippen molar-refractivity contribution in [1.82, 2.24) is 20.1 Å². The average Bonchev–Trinajstić information content (AvgIpc) is 3.38. The standard InChI is InChI=1S/C21H26N6O2/c1-26(14-5-3-6-15(13-14)29-2)12-10-19(28)27-11-4-7-18(27)17-9-8-16-20(22)24-25-21(16)23-17/h3,5-6,8-9,13,18H,4,7,10-12H2,1-2H3,(H3,22,23,24,25). The lowest BCUT2D eigenvalue weighted by molar-refractivity contribution is -0.132. The maximum Gasteiger partial charge on any atom is 0.224 e. The van der Waals surface area contributed by atoms with E-state index >= 15 is 0 Å². The highest BCUT2D eigenvalue weighted by Gasteiger charge is 2.31. The van der Waals surface area contributed by atoms with Crippen LogP contribution in [-0.2, 0) is 4.79 Å². The summed E-state index contributed by atoms with van der Waals surface area (Å²) in [7, 11) is 3.64. The summed E-state index contributed by atoms with van der Waals surface area (Å²) in [6, 6.07) is 11.7. The van der Waals surface area contributed by atoms with Gasteiger partial charge in [0, 0.05) is 38.3 Å². The number of pyridine rings is 1. The highest BCUT2D eigenvalue weighted by Crippen LogP contribution is 2.32. The number of nitrogens with one attached hydrogen (secondary N) is 1. The molecule has 3 N–H and O–H groups in total. The van der Waals surface area contributed by atoms with Crippen LogP contribution in [0.4, 0.5) is 11.5 Å². The van der Waals surface area contributed by atoms with Crippen LogP contribution in [0.1, 0.15) is 31.0 Å². The van der Waals surface area contributed by atoms with Gasteiger partial charge in [0.1, 0.15) is 11.6 Å². The fourth-order valence-corrected chi connectivity index (χ4v) is 3.87. The first-order chi connectivity index (χ1) is 14.1. The fourth-order valence-electron chi connectivity index (χ4n) is 3.87. The minimum absolute atomic E-state index is 0.00745. The normalized spacial score (nSPS) is 16.3. The molecule has 1 aliphatic rings. The third-order valence-electron chi connectivity index (χ3n) is 5.54. The van der Waals surface area contributed by atoms with E-state index in [1.54, 1.807) is 7.11 Å². The molecule has 1 amide bonds. The summed E-state index contributed by atoms with van der Waals surface area (Å²) in [5.41, 5.74) is 8.35. The topological polar surface area (TPSA) is 100 Å². The van der Waals surface area contributed by atoms with E-state index in [1.165, 1.54) is 0 Å². The second kappa shape index (κ2) is 7.98. The van der Waals surface area contributed by atoms with E-state index in [0.29, 0.717) is 24.4 Å². The van der Waals surface area contributed by atoms with Gasteiger partial charge in [-0.05, 0) is 37.1 Å². The highest BCUT2D eigenvalue weighted by molar-refractivity contribution is 5.85. The number of anilines is 2. The van der Waals surface area contributed by atoms with Crippen LogP contribution in [0.5, 0.6) is 5.75 Å². The third-order valence-corrected chi connectivity index (χ3v) is 5.54. The summed E-state index contributed by atoms with van der Waals surface area (Å²) < 4.78 is 5.28. The molecule has 4 rings (SSSR count). The Morgan fingerprint density at radius 3 is 3.07 bits per heavy atom. The first-order valence-corrected chi connectivity index (χ1v) is 9.82. The molecule has 0 aliphatic carbocycles. The lowest BCUT2D eigenvalue weighted by Gasteiger charge is -2.26. The van der Waals surface area contributed by atoms with Crippen LogP contribution in [0.25, 0.3) is 11.0 Å². The van der Waals surface area contributed by atoms with E-state index in [2.05, 4.69) is 20.1 Å². The van der Waals surface area contributed by atoms with Crippen molar-refractivity contribution in [2.45, 2.75) is 25.3 Å². The molecule has 152 valence electrons. The molecule has 1 aromatic carbocycles. The Bertz CT molecular complexity index is 1020. The summed E-state index contributed by atoms with van der Waals surface area (Å²) in [4.78, 5) is 21.6. The number of rotatable bonds is 6. The molecule has 1 aliphatic heterocycles. The molecule has 1 fully saturated rings. The zero-order valence-corrected chi connectivity index (χ0v) is 16.8. The van der Waals surface area contributed by atoms with Crippen molar-refractivity contribution in [1.29, 1.82) is 0 Å². The molecule has 0 saturated carbocycles. The highest BCUT2D eigenvalue weighted by atomic mass is 16.5. The number of methoxy groups -OCH3 is 1. The van der Waals surface area contributed by atoms with Crippen molar-refractivity contribution in [3.63, 3.8) is 0 Å². The quantitative estimate of drug-likeness (QED) is 0.667. The van der Waals surface area contributed by atoms with E-state index < -0.39 is 0 Å². The van der Waals surface area contributed by atoms with Gasteiger partial charge in [-0.2, -0.15) is 5.10 Å². The van der Waals surface area contributed by atoms with E-state index in [1.807, 2.05) is 48.3 Å². The van der Waals surface area contributed by atoms with Gasteiger partial charge in [0.2, 0.25) is 5.91 Å². The second-order valence-electron chi connectivity index (χ2n) is 7.36. The molecule has 3 heterocycles. The Morgan fingerprint density at radius 1 is 1.38 bits per heavy atom. The van der Waals surface area contributed by atoms with Crippen molar-refractivity contribution in [2.75, 3.05) is 37.9 Å². The minimum atomic E-state index is -0.00745. The zero-order valence-electron chi connectivity index (χ0n) is 16.8. The number of nitrogen functional groups attached to an aromatic ring is 1. The number of fused-ring (bicyclic) bond motifs is 1. The molecular weight excluding hydrogens is 368 g/mol. The smallest absolute Gasteiger partial charge is 0.224 e. The lowest BCUT2D eigenvalue weighted by atomic mass is 10.1. The largest absolute Gasteiger partial charge is 0.497 e. The van der Waals surface area contributed by atoms with Crippen LogP contribution >= 0.6 is 0 Å². The number of carbonyl (C=O) groups excluding carboxylic acids is 1. The molecule has 8 heteroatoms. The number of aromatic nitrogens is 3. The summed E-state index contributed by atoms with van der Waals surface area (Å²) in [6.07, 6.45) is 2.34. The van der Waals surface area contributed by atoms with E-state index in [-0.39, 0.29) is 11.9 Å². The van der Waals surface area contributed by atoms with Gasteiger partial charge in [-0.1, -0.05) is 6.07 Å². The van der Waals surface area contributed by atoms with Crippen LogP contribution in [-0.4, -0.2) is 53.2 Å². The second-order valence-corrected chi connectivity index (χ2v) is 7.36. The van der Waals surface area contributed by atoms with Gasteiger partial charge in [0.05, 0.1) is 24.2 Å². The number of carbonyl (C=O) groups is 1. The number of aromatic amines is 1. The van der Waals surface area contributed by atoms with Crippen LogP contribution < -0.4 is 15.4 Å². The van der Waals surface area contributed by atoms with E-state index in [0.717, 1.165) is 41.9 Å². The van der Waals surface area contributed by atoms with Gasteiger partial charge in [-0.3, -0.25) is 9.89 Å². The first kappa shape index (κ1) is 19.0. The van der Waals surface area contributed by atoms with Crippen LogP contribution in [0.3, 0.4) is 0 Å². The SMILES string of the molecule is COc1cccc(N(C)CCC(=O)N2CCCC2c2ccc3c(N)[nH]nc3n2)c1. The number of benzene rings is 1. The molecule has 1 unspecified atom stereocenters. The van der Waals surface area contributed by atoms with Gasteiger partial charge in [-0.25, -0.2) is 4.98 Å². The van der Waals surface area contributed by atoms with Gasteiger partial charge >= 0.3 is 0 Å². The number of nitrogens with zero attached hydrogens (tertiary/aromatic N) is 4. The Labute approximate surface area is 169 Å². The van der Waals surface area contributed by atoms with Crippen LogP contribution in [0.15, 0.2) is 36.4 Å². The predicted molar refractivity (Wildman–Crippen MR) is 113 cm³/mol. The lowest BCUT2D eigenvalue weighted by Crippen LogP contribution is -2.33. The van der Waals surface area contributed by atoms with Gasteiger partial charge in [0.25, 0.3) is 0 Å². The molecule has 3 aromatic rings. The van der Waals surface area contributed by atoms with Crippen LogP contribution in [0.2, 0.25) is 0 Å². The molecule has 1 saturated heterocycles. The third kappa shape index (κ3) is 3.83. The summed E-state index contributed by atoms with van der Waals surface area (Å²) in [6.45, 7) is 1.40. The number of amides is 1. The van der Waals surface area contributed by atoms with Gasteiger partial charge in [-0.15, -0.1) is 0 Å². The number of hydrogen-bond acceptors (Lipinski definition) is 6. The van der Waals surface area contributed by atoms with Gasteiger partial charge < -0.3 is 20.3 Å². The summed E-state index contributed by atoms with van der Waals surface area (Å²) in [5, 5.41) is 7.71. The first-order valence-electron chi connectivity index (χ1n) is 9.82. The Balaban J connectivity index is 1.43. The van der Waals surface area contributed by atoms with Crippen molar-refractivity contribution < 1.29 is 9.53 Å². The number of H-pyrrole nitrogens is 1. The van der Waals surface area contributed by atoms with Crippen molar-refractivity contribution in [3.05, 3.63) is 42.1 Å². The number of ether oxygens (including phenoxy) is 1. The Morgan fingerprint density at radius 2 is 2.24 bits per heavy atom. The molecule has 0 spiro atoms. The van der Waals surface area contributed by atoms with E-state index in [4.69, 9.17) is 10.5 Å². The Kier molecular flexibility index (Phi) is 5.24. The van der Waals surface area contributed by atoms with Crippen LogP contribution in [0, 0.1) is 0 Å². The average molecular weight is 394 g/mol. The molecule has 0 radical (unpaired) electrons. The predicted octanol–water partition coefficient (Wildman–Crippen LogP) is 2.74. The summed E-state index contributed by atoms with van der Waals surface area (Å²) in [5.74, 6) is 1.46. The van der Waals surface area contributed by atoms with Crippen molar-refractivity contribution >= 4 is 28.4 Å². The maximum absolute atomic E-state index is 13.0. The number of nitrogens with two attached hydrogens (primary N) is 1. The maximum atomic E-state index is 13.0.